The molecule has 0 saturated carbocycles. The van der Waals surface area contributed by atoms with E-state index in [0.29, 0.717) is 12.1 Å². The number of piperidine rings is 1. The molecule has 1 aliphatic heterocycles. The lowest BCUT2D eigenvalue weighted by Gasteiger charge is -2.36. The van der Waals surface area contributed by atoms with Crippen LogP contribution in [0, 0.1) is 13.8 Å². The van der Waals surface area contributed by atoms with Crippen LogP contribution in [0.25, 0.3) is 0 Å². The van der Waals surface area contributed by atoms with E-state index in [1.54, 1.807) is 0 Å². The number of aryl methyl sites for hydroxylation is 1. The predicted molar refractivity (Wildman–Crippen MR) is 69.8 cm³/mol. The van der Waals surface area contributed by atoms with Crippen LogP contribution in [-0.2, 0) is 13.6 Å². The minimum absolute atomic E-state index is 0.381. The Kier molecular flexibility index (Phi) is 3.54. The van der Waals surface area contributed by atoms with E-state index >= 15 is 0 Å². The highest BCUT2D eigenvalue weighted by Gasteiger charge is 2.24. The second-order valence-electron chi connectivity index (χ2n) is 5.36. The third kappa shape index (κ3) is 2.53. The third-order valence-electron chi connectivity index (χ3n) is 4.11. The highest BCUT2D eigenvalue weighted by Crippen LogP contribution is 2.19. The summed E-state index contributed by atoms with van der Waals surface area (Å²) in [5, 5.41) is 0. The van der Waals surface area contributed by atoms with Crippen molar-refractivity contribution in [1.29, 1.82) is 0 Å². The first-order valence-electron chi connectivity index (χ1n) is 6.47. The average molecular weight is 236 g/mol. The Morgan fingerprint density at radius 2 is 2.12 bits per heavy atom. The van der Waals surface area contributed by atoms with Crippen molar-refractivity contribution in [2.45, 2.75) is 52.2 Å². The van der Waals surface area contributed by atoms with Crippen LogP contribution in [-0.4, -0.2) is 33.1 Å². The minimum Gasteiger partial charge on any atom is -0.334 e. The summed E-state index contributed by atoms with van der Waals surface area (Å²) in [7, 11) is 2.10. The molecule has 1 saturated heterocycles. The van der Waals surface area contributed by atoms with Crippen molar-refractivity contribution in [1.82, 2.24) is 14.5 Å². The van der Waals surface area contributed by atoms with Crippen molar-refractivity contribution in [2.24, 2.45) is 12.8 Å². The van der Waals surface area contributed by atoms with Crippen molar-refractivity contribution >= 4 is 0 Å². The number of imidazole rings is 1. The summed E-state index contributed by atoms with van der Waals surface area (Å²) in [5.41, 5.74) is 8.40. The molecule has 0 aliphatic carbocycles. The first-order chi connectivity index (χ1) is 7.99. The average Bonchev–Trinajstić information content (AvgIpc) is 2.50. The van der Waals surface area contributed by atoms with Crippen LogP contribution < -0.4 is 5.73 Å². The van der Waals surface area contributed by atoms with Crippen LogP contribution in [0.5, 0.6) is 0 Å². The van der Waals surface area contributed by atoms with Gasteiger partial charge in [0.15, 0.2) is 0 Å². The van der Waals surface area contributed by atoms with Gasteiger partial charge in [0.2, 0.25) is 0 Å². The van der Waals surface area contributed by atoms with Crippen LogP contribution in [0.3, 0.4) is 0 Å². The third-order valence-corrected chi connectivity index (χ3v) is 4.11. The van der Waals surface area contributed by atoms with Gasteiger partial charge in [-0.2, -0.15) is 0 Å². The molecule has 0 radical (unpaired) electrons. The molecular formula is C13H24N4. The van der Waals surface area contributed by atoms with E-state index in [2.05, 4.69) is 42.3 Å². The van der Waals surface area contributed by atoms with E-state index in [0.717, 1.165) is 31.6 Å². The second kappa shape index (κ2) is 4.78. The Labute approximate surface area is 104 Å². The van der Waals surface area contributed by atoms with E-state index in [1.165, 1.54) is 11.5 Å². The molecule has 4 nitrogen and oxygen atoms in total. The Morgan fingerprint density at radius 1 is 1.41 bits per heavy atom. The molecule has 2 atom stereocenters. The molecule has 1 aromatic rings. The molecule has 1 fully saturated rings. The van der Waals surface area contributed by atoms with E-state index < -0.39 is 0 Å². The largest absolute Gasteiger partial charge is 0.334 e. The Hall–Kier alpha value is -0.870. The van der Waals surface area contributed by atoms with Gasteiger partial charge in [-0.15, -0.1) is 0 Å². The van der Waals surface area contributed by atoms with Gasteiger partial charge in [0, 0.05) is 31.4 Å². The highest BCUT2D eigenvalue weighted by molar-refractivity contribution is 5.13. The summed E-state index contributed by atoms with van der Waals surface area (Å²) in [4.78, 5) is 7.14. The maximum absolute atomic E-state index is 5.99. The van der Waals surface area contributed by atoms with E-state index in [9.17, 15) is 0 Å². The number of nitrogens with two attached hydrogens (primary N) is 1. The normalized spacial score (nSPS) is 26.4. The molecule has 0 unspecified atom stereocenters. The number of aromatic nitrogens is 2. The molecule has 1 aliphatic rings. The maximum atomic E-state index is 5.99. The number of rotatable bonds is 2. The molecule has 17 heavy (non-hydrogen) atoms. The zero-order chi connectivity index (χ0) is 12.6. The summed E-state index contributed by atoms with van der Waals surface area (Å²) in [6, 6.07) is 0.946. The fourth-order valence-corrected chi connectivity index (χ4v) is 2.60. The molecule has 2 heterocycles. The standard InChI is InChI=1S/C13H24N4/c1-9-7-12(14)5-6-17(9)8-13-15-10(2)11(3)16(13)4/h9,12H,5-8,14H2,1-4H3/t9-,12+/m1/s1. The van der Waals surface area contributed by atoms with Gasteiger partial charge in [-0.05, 0) is 33.6 Å². The van der Waals surface area contributed by atoms with Crippen molar-refractivity contribution in [3.8, 4) is 0 Å². The van der Waals surface area contributed by atoms with Crippen LogP contribution >= 0.6 is 0 Å². The lowest BCUT2D eigenvalue weighted by molar-refractivity contribution is 0.135. The Balaban J connectivity index is 2.08. The number of likely N-dealkylation sites (tertiary alicyclic amines) is 1. The van der Waals surface area contributed by atoms with Crippen molar-refractivity contribution in [2.75, 3.05) is 6.54 Å². The fraction of sp³-hybridized carbons (Fsp3) is 0.769. The molecule has 0 aromatic carbocycles. The summed E-state index contributed by atoms with van der Waals surface area (Å²) in [5.74, 6) is 1.17. The van der Waals surface area contributed by atoms with Gasteiger partial charge in [0.1, 0.15) is 5.82 Å². The van der Waals surface area contributed by atoms with Gasteiger partial charge >= 0.3 is 0 Å². The fourth-order valence-electron chi connectivity index (χ4n) is 2.60. The molecule has 96 valence electrons. The Morgan fingerprint density at radius 3 is 2.65 bits per heavy atom. The van der Waals surface area contributed by atoms with Crippen molar-refractivity contribution in [3.63, 3.8) is 0 Å². The number of hydrogen-bond acceptors (Lipinski definition) is 3. The van der Waals surface area contributed by atoms with Crippen LogP contribution in [0.15, 0.2) is 0 Å². The SMILES string of the molecule is Cc1nc(CN2CC[C@H](N)C[C@H]2C)n(C)c1C. The Bertz CT molecular complexity index is 396. The summed E-state index contributed by atoms with van der Waals surface area (Å²) in [6.45, 7) is 8.50. The quantitative estimate of drug-likeness (QED) is 0.843. The molecular weight excluding hydrogens is 212 g/mol. The van der Waals surface area contributed by atoms with E-state index in [-0.39, 0.29) is 0 Å². The van der Waals surface area contributed by atoms with Gasteiger partial charge in [-0.1, -0.05) is 0 Å². The van der Waals surface area contributed by atoms with Crippen LogP contribution in [0.1, 0.15) is 37.0 Å². The van der Waals surface area contributed by atoms with E-state index in [4.69, 9.17) is 5.73 Å². The molecule has 0 amide bonds. The molecule has 1 aromatic heterocycles. The lowest BCUT2D eigenvalue weighted by Crippen LogP contribution is -2.45. The molecule has 0 spiro atoms. The minimum atomic E-state index is 0.381. The van der Waals surface area contributed by atoms with Gasteiger partial charge in [-0.25, -0.2) is 4.98 Å². The van der Waals surface area contributed by atoms with Gasteiger partial charge in [0.05, 0.1) is 12.2 Å². The molecule has 2 rings (SSSR count). The number of nitrogens with zero attached hydrogens (tertiary/aromatic N) is 3. The molecule has 2 N–H and O–H groups in total. The molecule has 0 bridgehead atoms. The van der Waals surface area contributed by atoms with Gasteiger partial charge in [0.25, 0.3) is 0 Å². The summed E-state index contributed by atoms with van der Waals surface area (Å²) in [6.07, 6.45) is 2.20. The van der Waals surface area contributed by atoms with E-state index in [1.807, 2.05) is 0 Å². The second-order valence-corrected chi connectivity index (χ2v) is 5.36. The predicted octanol–water partition coefficient (Wildman–Crippen LogP) is 1.35. The van der Waals surface area contributed by atoms with Gasteiger partial charge in [-0.3, -0.25) is 4.90 Å². The zero-order valence-electron chi connectivity index (χ0n) is 11.4. The van der Waals surface area contributed by atoms with Gasteiger partial charge < -0.3 is 10.3 Å². The summed E-state index contributed by atoms with van der Waals surface area (Å²) < 4.78 is 2.20. The monoisotopic (exact) mass is 236 g/mol. The van der Waals surface area contributed by atoms with Crippen LogP contribution in [0.4, 0.5) is 0 Å². The zero-order valence-corrected chi connectivity index (χ0v) is 11.4. The number of hydrogen-bond donors (Lipinski definition) is 1. The maximum Gasteiger partial charge on any atom is 0.123 e. The smallest absolute Gasteiger partial charge is 0.123 e. The first-order valence-corrected chi connectivity index (χ1v) is 6.47. The lowest BCUT2D eigenvalue weighted by atomic mass is 9.99. The molecule has 4 heteroatoms. The first kappa shape index (κ1) is 12.6. The highest BCUT2D eigenvalue weighted by atomic mass is 15.2. The van der Waals surface area contributed by atoms with Crippen molar-refractivity contribution < 1.29 is 0 Å². The van der Waals surface area contributed by atoms with Crippen LogP contribution in [0.2, 0.25) is 0 Å². The topological polar surface area (TPSA) is 47.1 Å². The van der Waals surface area contributed by atoms with Crippen molar-refractivity contribution in [3.05, 3.63) is 17.2 Å². The summed E-state index contributed by atoms with van der Waals surface area (Å²) >= 11 is 0.